The molecule has 3 aliphatic rings. The molecule has 132 valence electrons. The Morgan fingerprint density at radius 2 is 1.83 bits per heavy atom. The van der Waals surface area contributed by atoms with Crippen LogP contribution in [0.15, 0.2) is 0 Å². The molecule has 5 heteroatoms. The van der Waals surface area contributed by atoms with Crippen molar-refractivity contribution in [1.82, 2.24) is 15.1 Å². The minimum atomic E-state index is -0.289. The first-order valence-electron chi connectivity index (χ1n) is 9.48. The molecule has 0 aromatic carbocycles. The molecule has 5 nitrogen and oxygen atoms in total. The van der Waals surface area contributed by atoms with E-state index >= 15 is 0 Å². The Morgan fingerprint density at radius 3 is 2.52 bits per heavy atom. The Balaban J connectivity index is 1.62. The molecular formula is C18H33N3O2. The third kappa shape index (κ3) is 3.89. The first-order valence-corrected chi connectivity index (χ1v) is 9.48. The predicted octanol–water partition coefficient (Wildman–Crippen LogP) is 1.48. The summed E-state index contributed by atoms with van der Waals surface area (Å²) in [5, 5.41) is 3.38. The van der Waals surface area contributed by atoms with Crippen molar-refractivity contribution in [3.8, 4) is 0 Å². The van der Waals surface area contributed by atoms with Crippen LogP contribution in [0.1, 0.15) is 44.9 Å². The van der Waals surface area contributed by atoms with Gasteiger partial charge in [0.25, 0.3) is 0 Å². The smallest absolute Gasteiger partial charge is 0.231 e. The average Bonchev–Trinajstić information content (AvgIpc) is 3.00. The van der Waals surface area contributed by atoms with Crippen LogP contribution in [0.5, 0.6) is 0 Å². The third-order valence-electron chi connectivity index (χ3n) is 6.09. The maximum Gasteiger partial charge on any atom is 0.231 e. The lowest BCUT2D eigenvalue weighted by Gasteiger charge is -2.39. The average molecular weight is 323 g/mol. The van der Waals surface area contributed by atoms with Crippen molar-refractivity contribution in [2.24, 2.45) is 5.41 Å². The molecule has 1 aliphatic carbocycles. The molecule has 0 spiro atoms. The molecule has 1 N–H and O–H groups in total. The predicted molar refractivity (Wildman–Crippen MR) is 91.4 cm³/mol. The van der Waals surface area contributed by atoms with Crippen molar-refractivity contribution < 1.29 is 9.53 Å². The van der Waals surface area contributed by atoms with E-state index < -0.39 is 0 Å². The van der Waals surface area contributed by atoms with E-state index in [1.54, 1.807) is 7.11 Å². The van der Waals surface area contributed by atoms with E-state index in [0.717, 1.165) is 64.6 Å². The third-order valence-corrected chi connectivity index (χ3v) is 6.09. The molecule has 2 heterocycles. The van der Waals surface area contributed by atoms with Crippen LogP contribution in [0.3, 0.4) is 0 Å². The quantitative estimate of drug-likeness (QED) is 0.851. The molecule has 1 saturated carbocycles. The molecule has 0 atom stereocenters. The van der Waals surface area contributed by atoms with E-state index in [-0.39, 0.29) is 5.41 Å². The minimum absolute atomic E-state index is 0.289. The highest BCUT2D eigenvalue weighted by Crippen LogP contribution is 2.32. The number of hydrogen-bond donors (Lipinski definition) is 1. The number of rotatable bonds is 4. The van der Waals surface area contributed by atoms with Gasteiger partial charge in [-0.3, -0.25) is 9.69 Å². The van der Waals surface area contributed by atoms with Crippen molar-refractivity contribution >= 4 is 5.91 Å². The fraction of sp³-hybridized carbons (Fsp3) is 0.944. The van der Waals surface area contributed by atoms with Crippen LogP contribution in [-0.2, 0) is 9.53 Å². The summed E-state index contributed by atoms with van der Waals surface area (Å²) in [4.78, 5) is 18.0. The number of ether oxygens (including phenoxy) is 1. The molecule has 3 rings (SSSR count). The maximum atomic E-state index is 13.2. The maximum absolute atomic E-state index is 13.2. The van der Waals surface area contributed by atoms with Gasteiger partial charge in [0, 0.05) is 39.3 Å². The highest BCUT2D eigenvalue weighted by atomic mass is 16.5. The molecule has 0 aromatic rings. The second-order valence-electron chi connectivity index (χ2n) is 7.58. The molecule has 0 radical (unpaired) electrons. The van der Waals surface area contributed by atoms with E-state index in [0.29, 0.717) is 12.5 Å². The first kappa shape index (κ1) is 17.2. The molecule has 0 unspecified atom stereocenters. The zero-order valence-corrected chi connectivity index (χ0v) is 14.7. The van der Waals surface area contributed by atoms with Gasteiger partial charge in [0.15, 0.2) is 0 Å². The van der Waals surface area contributed by atoms with E-state index in [1.165, 1.54) is 25.7 Å². The van der Waals surface area contributed by atoms with Crippen LogP contribution in [0, 0.1) is 5.41 Å². The Kier molecular flexibility index (Phi) is 5.94. The lowest BCUT2D eigenvalue weighted by molar-refractivity contribution is -0.147. The number of piperidine rings is 1. The van der Waals surface area contributed by atoms with Crippen molar-refractivity contribution in [3.63, 3.8) is 0 Å². The van der Waals surface area contributed by atoms with Gasteiger partial charge in [-0.15, -0.1) is 0 Å². The molecule has 2 aliphatic heterocycles. The lowest BCUT2D eigenvalue weighted by atomic mass is 9.78. The summed E-state index contributed by atoms with van der Waals surface area (Å²) < 4.78 is 5.44. The van der Waals surface area contributed by atoms with E-state index in [2.05, 4.69) is 15.1 Å². The van der Waals surface area contributed by atoms with Gasteiger partial charge in [-0.1, -0.05) is 12.8 Å². The molecule has 3 fully saturated rings. The number of carbonyl (C=O) groups is 1. The molecule has 1 amide bonds. The second-order valence-corrected chi connectivity index (χ2v) is 7.58. The standard InChI is InChI=1S/C18H33N3O2/c1-23-15-18(7-9-19-10-8-18)17(22)21-12-4-11-20(13-14-21)16-5-2-3-6-16/h16,19H,2-15H2,1H3. The zero-order valence-electron chi connectivity index (χ0n) is 14.7. The van der Waals surface area contributed by atoms with Crippen LogP contribution in [0.4, 0.5) is 0 Å². The zero-order chi connectivity index (χ0) is 16.1. The normalized spacial score (nSPS) is 27.1. The van der Waals surface area contributed by atoms with Crippen molar-refractivity contribution in [1.29, 1.82) is 0 Å². The summed E-state index contributed by atoms with van der Waals surface area (Å²) in [6, 6.07) is 0.775. The van der Waals surface area contributed by atoms with Gasteiger partial charge in [-0.2, -0.15) is 0 Å². The Morgan fingerprint density at radius 1 is 1.09 bits per heavy atom. The minimum Gasteiger partial charge on any atom is -0.384 e. The number of hydrogen-bond acceptors (Lipinski definition) is 4. The molecule has 0 aromatic heterocycles. The summed E-state index contributed by atoms with van der Waals surface area (Å²) >= 11 is 0. The number of methoxy groups -OCH3 is 1. The fourth-order valence-electron chi connectivity index (χ4n) is 4.71. The van der Waals surface area contributed by atoms with E-state index in [4.69, 9.17) is 4.74 Å². The van der Waals surface area contributed by atoms with Gasteiger partial charge < -0.3 is 15.0 Å². The summed E-state index contributed by atoms with van der Waals surface area (Å²) in [5.74, 6) is 0.342. The number of carbonyl (C=O) groups excluding carboxylic acids is 1. The highest BCUT2D eigenvalue weighted by Gasteiger charge is 2.42. The van der Waals surface area contributed by atoms with Gasteiger partial charge in [0.2, 0.25) is 5.91 Å². The molecular weight excluding hydrogens is 290 g/mol. The van der Waals surface area contributed by atoms with Crippen molar-refractivity contribution in [2.45, 2.75) is 51.0 Å². The van der Waals surface area contributed by atoms with E-state index in [1.807, 2.05) is 0 Å². The van der Waals surface area contributed by atoms with Crippen LogP contribution < -0.4 is 5.32 Å². The lowest BCUT2D eigenvalue weighted by Crippen LogP contribution is -2.52. The van der Waals surface area contributed by atoms with Gasteiger partial charge in [0.1, 0.15) is 0 Å². The summed E-state index contributed by atoms with van der Waals surface area (Å²) in [6.07, 6.45) is 8.40. The largest absolute Gasteiger partial charge is 0.384 e. The molecule has 0 bridgehead atoms. The topological polar surface area (TPSA) is 44.8 Å². The molecule has 2 saturated heterocycles. The fourth-order valence-corrected chi connectivity index (χ4v) is 4.71. The monoisotopic (exact) mass is 323 g/mol. The summed E-state index contributed by atoms with van der Waals surface area (Å²) in [7, 11) is 1.72. The SMILES string of the molecule is COCC1(C(=O)N2CCCN(C3CCCC3)CC2)CCNCC1. The van der Waals surface area contributed by atoms with Gasteiger partial charge >= 0.3 is 0 Å². The second kappa shape index (κ2) is 7.95. The van der Waals surface area contributed by atoms with E-state index in [9.17, 15) is 4.79 Å². The Labute approximate surface area is 140 Å². The number of nitrogens with zero attached hydrogens (tertiary/aromatic N) is 2. The van der Waals surface area contributed by atoms with Gasteiger partial charge in [0.05, 0.1) is 12.0 Å². The van der Waals surface area contributed by atoms with Crippen LogP contribution in [0.2, 0.25) is 0 Å². The van der Waals surface area contributed by atoms with Gasteiger partial charge in [-0.25, -0.2) is 0 Å². The summed E-state index contributed by atoms with van der Waals surface area (Å²) in [5.41, 5.74) is -0.289. The van der Waals surface area contributed by atoms with Crippen LogP contribution in [0.25, 0.3) is 0 Å². The van der Waals surface area contributed by atoms with Crippen LogP contribution >= 0.6 is 0 Å². The Bertz CT molecular complexity index is 384. The first-order chi connectivity index (χ1) is 11.2. The summed E-state index contributed by atoms with van der Waals surface area (Å²) in [6.45, 7) is 6.45. The Hall–Kier alpha value is -0.650. The van der Waals surface area contributed by atoms with Gasteiger partial charge in [-0.05, 0) is 45.2 Å². The van der Waals surface area contributed by atoms with Crippen LogP contribution in [-0.4, -0.2) is 74.7 Å². The number of amides is 1. The molecule has 23 heavy (non-hydrogen) atoms. The van der Waals surface area contributed by atoms with Crippen molar-refractivity contribution in [2.75, 3.05) is 53.0 Å². The highest BCUT2D eigenvalue weighted by molar-refractivity contribution is 5.83. The number of nitrogens with one attached hydrogen (secondary N) is 1. The van der Waals surface area contributed by atoms with Crippen molar-refractivity contribution in [3.05, 3.63) is 0 Å².